The summed E-state index contributed by atoms with van der Waals surface area (Å²) in [5.74, 6) is 0. The number of rotatable bonds is 7. The molecule has 0 aliphatic heterocycles. The topological polar surface area (TPSA) is 0 Å². The first-order valence-corrected chi connectivity index (χ1v) is 8.40. The van der Waals surface area contributed by atoms with Crippen LogP contribution in [0.1, 0.15) is 45.4 Å². The Labute approximate surface area is 74.0 Å². The molecule has 0 rings (SSSR count). The fourth-order valence-electron chi connectivity index (χ4n) is 1.33. The predicted octanol–water partition coefficient (Wildman–Crippen LogP) is 3.83. The summed E-state index contributed by atoms with van der Waals surface area (Å²) in [4.78, 5) is 0. The van der Waals surface area contributed by atoms with Gasteiger partial charge in [0.15, 0.2) is 0 Å². The Balaban J connectivity index is 2.80. The van der Waals surface area contributed by atoms with E-state index in [0.29, 0.717) is 0 Å². The molecule has 0 fully saturated rings. The lowest BCUT2D eigenvalue weighted by Gasteiger charge is -2.02. The second kappa shape index (κ2) is 8.31. The molecule has 68 valence electrons. The van der Waals surface area contributed by atoms with Crippen molar-refractivity contribution in [2.24, 2.45) is 0 Å². The summed E-state index contributed by atoms with van der Waals surface area (Å²) < 4.78 is 0. The molecule has 0 aliphatic carbocycles. The largest absolute Gasteiger partial charge is 0.0722 e. The monoisotopic (exact) mass is 172 g/mol. The standard InChI is InChI=1S/C10H24Si/c1-4-5-6-7-8-9-10-11(2)3/h11H,4-10H2,1-3H3. The van der Waals surface area contributed by atoms with Crippen molar-refractivity contribution in [1.29, 1.82) is 0 Å². The SMILES string of the molecule is CCCCCCCC[SiH](C)C. The van der Waals surface area contributed by atoms with Crippen LogP contribution in [-0.4, -0.2) is 8.80 Å². The summed E-state index contributed by atoms with van der Waals surface area (Å²) in [6, 6.07) is 1.56. The minimum atomic E-state index is -0.229. The summed E-state index contributed by atoms with van der Waals surface area (Å²) >= 11 is 0. The first-order chi connectivity index (χ1) is 5.27. The minimum Gasteiger partial charge on any atom is -0.0722 e. The predicted molar refractivity (Wildman–Crippen MR) is 57.1 cm³/mol. The van der Waals surface area contributed by atoms with Crippen LogP contribution in [0.25, 0.3) is 0 Å². The fraction of sp³-hybridized carbons (Fsp3) is 1.00. The number of hydrogen-bond donors (Lipinski definition) is 0. The van der Waals surface area contributed by atoms with E-state index in [1.165, 1.54) is 38.5 Å². The summed E-state index contributed by atoms with van der Waals surface area (Å²) in [7, 11) is -0.229. The molecule has 0 bridgehead atoms. The Morgan fingerprint density at radius 2 is 1.36 bits per heavy atom. The van der Waals surface area contributed by atoms with Crippen molar-refractivity contribution in [3.05, 3.63) is 0 Å². The maximum atomic E-state index is 2.45. The zero-order valence-electron chi connectivity index (χ0n) is 8.53. The van der Waals surface area contributed by atoms with Crippen LogP contribution in [-0.2, 0) is 0 Å². The lowest BCUT2D eigenvalue weighted by Crippen LogP contribution is -1.97. The lowest BCUT2D eigenvalue weighted by atomic mass is 10.1. The average Bonchev–Trinajstić information content (AvgIpc) is 1.96. The van der Waals surface area contributed by atoms with E-state index in [2.05, 4.69) is 20.0 Å². The van der Waals surface area contributed by atoms with Crippen molar-refractivity contribution < 1.29 is 0 Å². The molecule has 0 N–H and O–H groups in total. The third-order valence-corrected chi connectivity index (χ3v) is 3.70. The average molecular weight is 172 g/mol. The second-order valence-corrected chi connectivity index (χ2v) is 7.32. The van der Waals surface area contributed by atoms with E-state index in [-0.39, 0.29) is 8.80 Å². The van der Waals surface area contributed by atoms with Gasteiger partial charge in [0.05, 0.1) is 0 Å². The Hall–Kier alpha value is 0.217. The van der Waals surface area contributed by atoms with E-state index >= 15 is 0 Å². The van der Waals surface area contributed by atoms with Gasteiger partial charge in [-0.2, -0.15) is 0 Å². The zero-order chi connectivity index (χ0) is 8.53. The molecule has 0 heterocycles. The van der Waals surface area contributed by atoms with Crippen molar-refractivity contribution in [3.8, 4) is 0 Å². The first-order valence-electron chi connectivity index (χ1n) is 5.27. The van der Waals surface area contributed by atoms with Gasteiger partial charge in [-0.15, -0.1) is 0 Å². The van der Waals surface area contributed by atoms with Gasteiger partial charge in [-0.05, 0) is 0 Å². The van der Waals surface area contributed by atoms with Crippen molar-refractivity contribution in [1.82, 2.24) is 0 Å². The lowest BCUT2D eigenvalue weighted by molar-refractivity contribution is 0.623. The summed E-state index contributed by atoms with van der Waals surface area (Å²) in [5, 5.41) is 0. The Bertz CT molecular complexity index is 69.3. The van der Waals surface area contributed by atoms with Crippen LogP contribution in [0.15, 0.2) is 0 Å². The molecule has 0 aromatic heterocycles. The van der Waals surface area contributed by atoms with E-state index in [9.17, 15) is 0 Å². The molecule has 0 aromatic carbocycles. The minimum absolute atomic E-state index is 0.229. The van der Waals surface area contributed by atoms with E-state index in [1.54, 1.807) is 6.04 Å². The van der Waals surface area contributed by atoms with Gasteiger partial charge >= 0.3 is 0 Å². The van der Waals surface area contributed by atoms with Crippen molar-refractivity contribution in [2.45, 2.75) is 64.6 Å². The van der Waals surface area contributed by atoms with Gasteiger partial charge < -0.3 is 0 Å². The Kier molecular flexibility index (Phi) is 8.48. The molecule has 0 nitrogen and oxygen atoms in total. The molecule has 0 spiro atoms. The van der Waals surface area contributed by atoms with E-state index in [4.69, 9.17) is 0 Å². The summed E-state index contributed by atoms with van der Waals surface area (Å²) in [6.45, 7) is 7.18. The molecule has 0 atom stereocenters. The van der Waals surface area contributed by atoms with Gasteiger partial charge in [0.1, 0.15) is 0 Å². The van der Waals surface area contributed by atoms with Crippen LogP contribution < -0.4 is 0 Å². The molecule has 0 amide bonds. The summed E-state index contributed by atoms with van der Waals surface area (Å²) in [6.07, 6.45) is 8.77. The fourth-order valence-corrected chi connectivity index (χ4v) is 2.44. The normalized spacial score (nSPS) is 10.9. The van der Waals surface area contributed by atoms with Gasteiger partial charge in [0.2, 0.25) is 0 Å². The number of unbranched alkanes of at least 4 members (excludes halogenated alkanes) is 5. The highest BCUT2D eigenvalue weighted by Crippen LogP contribution is 2.08. The van der Waals surface area contributed by atoms with Crippen molar-refractivity contribution in [3.63, 3.8) is 0 Å². The third-order valence-electron chi connectivity index (χ3n) is 2.14. The Morgan fingerprint density at radius 3 is 1.91 bits per heavy atom. The van der Waals surface area contributed by atoms with Crippen molar-refractivity contribution >= 4 is 8.80 Å². The molecule has 0 saturated carbocycles. The van der Waals surface area contributed by atoms with Crippen LogP contribution in [0.3, 0.4) is 0 Å². The highest BCUT2D eigenvalue weighted by Gasteiger charge is 1.94. The van der Waals surface area contributed by atoms with Gasteiger partial charge in [-0.3, -0.25) is 0 Å². The molecule has 1 heteroatoms. The molecule has 0 radical (unpaired) electrons. The molecule has 11 heavy (non-hydrogen) atoms. The van der Waals surface area contributed by atoms with E-state index in [0.717, 1.165) is 0 Å². The van der Waals surface area contributed by atoms with Gasteiger partial charge in [-0.25, -0.2) is 0 Å². The van der Waals surface area contributed by atoms with Crippen LogP contribution in [0.5, 0.6) is 0 Å². The quantitative estimate of drug-likeness (QED) is 0.404. The number of hydrogen-bond acceptors (Lipinski definition) is 0. The highest BCUT2D eigenvalue weighted by molar-refractivity contribution is 6.55. The van der Waals surface area contributed by atoms with Crippen LogP contribution in [0.2, 0.25) is 19.1 Å². The zero-order valence-corrected chi connectivity index (χ0v) is 9.68. The third kappa shape index (κ3) is 10.2. The van der Waals surface area contributed by atoms with Crippen LogP contribution in [0, 0.1) is 0 Å². The molecule has 0 saturated heterocycles. The Morgan fingerprint density at radius 1 is 0.818 bits per heavy atom. The molecular formula is C10H24Si. The maximum Gasteiger partial charge on any atom is 0.0305 e. The molecule has 0 unspecified atom stereocenters. The molecule has 0 aliphatic rings. The van der Waals surface area contributed by atoms with Crippen LogP contribution in [0.4, 0.5) is 0 Å². The first kappa shape index (κ1) is 11.2. The van der Waals surface area contributed by atoms with Gasteiger partial charge in [0.25, 0.3) is 0 Å². The van der Waals surface area contributed by atoms with Gasteiger partial charge in [0, 0.05) is 8.80 Å². The van der Waals surface area contributed by atoms with E-state index in [1.807, 2.05) is 0 Å². The smallest absolute Gasteiger partial charge is 0.0305 e. The van der Waals surface area contributed by atoms with Crippen LogP contribution >= 0.6 is 0 Å². The molecule has 0 aromatic rings. The second-order valence-electron chi connectivity index (χ2n) is 3.95. The summed E-state index contributed by atoms with van der Waals surface area (Å²) in [5.41, 5.74) is 0. The highest BCUT2D eigenvalue weighted by atomic mass is 28.3. The maximum absolute atomic E-state index is 2.45. The van der Waals surface area contributed by atoms with Crippen molar-refractivity contribution in [2.75, 3.05) is 0 Å². The molecular weight excluding hydrogens is 148 g/mol. The van der Waals surface area contributed by atoms with Gasteiger partial charge in [-0.1, -0.05) is 64.6 Å². The van der Waals surface area contributed by atoms with E-state index < -0.39 is 0 Å².